The second kappa shape index (κ2) is 3.61. The van der Waals surface area contributed by atoms with Crippen molar-refractivity contribution < 1.29 is 10.0 Å². The van der Waals surface area contributed by atoms with Crippen LogP contribution in [0.1, 0.15) is 12.5 Å². The van der Waals surface area contributed by atoms with E-state index in [0.717, 1.165) is 0 Å². The van der Waals surface area contributed by atoms with Crippen molar-refractivity contribution in [3.8, 4) is 0 Å². The third-order valence-corrected chi connectivity index (χ3v) is 1.37. The van der Waals surface area contributed by atoms with Crippen molar-refractivity contribution >= 4 is 11.5 Å². The molecule has 0 unspecified atom stereocenters. The average Bonchev–Trinajstić information content (AvgIpc) is 2.07. The molecule has 0 saturated heterocycles. The summed E-state index contributed by atoms with van der Waals surface area (Å²) in [6.45, 7) is 1.34. The summed E-state index contributed by atoms with van der Waals surface area (Å²) in [5, 5.41) is 11.4. The van der Waals surface area contributed by atoms with Crippen molar-refractivity contribution in [2.24, 2.45) is 5.16 Å². The maximum absolute atomic E-state index is 10.9. The number of nitrogens with zero attached hydrogens (tertiary/aromatic N) is 2. The molecule has 0 aliphatic heterocycles. The fourth-order valence-corrected chi connectivity index (χ4v) is 0.834. The van der Waals surface area contributed by atoms with Gasteiger partial charge in [0.25, 0.3) is 0 Å². The minimum absolute atomic E-state index is 0.0306. The van der Waals surface area contributed by atoms with Crippen LogP contribution < -0.4 is 0 Å². The normalized spacial score (nSPS) is 11.2. The largest absolute Gasteiger partial charge is 0.410 e. The van der Waals surface area contributed by atoms with Gasteiger partial charge in [-0.25, -0.2) is 0 Å². The first-order valence-corrected chi connectivity index (χ1v) is 3.39. The van der Waals surface area contributed by atoms with Gasteiger partial charge in [-0.3, -0.25) is 9.78 Å². The third kappa shape index (κ3) is 1.66. The number of oxime groups is 1. The molecule has 0 aliphatic carbocycles. The van der Waals surface area contributed by atoms with E-state index in [-0.39, 0.29) is 11.5 Å². The van der Waals surface area contributed by atoms with Gasteiger partial charge in [-0.1, -0.05) is 5.16 Å². The highest BCUT2D eigenvalue weighted by molar-refractivity contribution is 6.45. The predicted molar refractivity (Wildman–Crippen MR) is 43.2 cm³/mol. The molecule has 0 saturated carbocycles. The molecular weight excluding hydrogens is 156 g/mol. The number of rotatable bonds is 2. The van der Waals surface area contributed by atoms with E-state index < -0.39 is 0 Å². The van der Waals surface area contributed by atoms with Gasteiger partial charge in [0.15, 0.2) is 11.5 Å². The summed E-state index contributed by atoms with van der Waals surface area (Å²) in [6, 6.07) is 3.33. The van der Waals surface area contributed by atoms with Crippen LogP contribution in [0, 0.1) is 0 Å². The summed E-state index contributed by atoms with van der Waals surface area (Å²) in [7, 11) is 0. The summed E-state index contributed by atoms with van der Waals surface area (Å²) < 4.78 is 0. The zero-order valence-electron chi connectivity index (χ0n) is 6.56. The topological polar surface area (TPSA) is 62.5 Å². The Kier molecular flexibility index (Phi) is 2.53. The molecule has 0 spiro atoms. The summed E-state index contributed by atoms with van der Waals surface area (Å²) in [5.41, 5.74) is 0.551. The van der Waals surface area contributed by atoms with Gasteiger partial charge >= 0.3 is 0 Å². The molecule has 0 radical (unpaired) electrons. The van der Waals surface area contributed by atoms with Crippen LogP contribution in [0.4, 0.5) is 0 Å². The molecule has 4 heteroatoms. The fourth-order valence-electron chi connectivity index (χ4n) is 0.834. The molecular formula is C8H8N2O2. The Morgan fingerprint density at radius 3 is 2.83 bits per heavy atom. The van der Waals surface area contributed by atoms with E-state index in [1.807, 2.05) is 0 Å². The molecule has 0 aliphatic rings. The smallest absolute Gasteiger partial charge is 0.182 e. The second-order valence-electron chi connectivity index (χ2n) is 2.25. The third-order valence-electron chi connectivity index (χ3n) is 1.37. The highest BCUT2D eigenvalue weighted by atomic mass is 16.4. The van der Waals surface area contributed by atoms with E-state index in [0.29, 0.717) is 5.56 Å². The number of ketones is 1. The second-order valence-corrected chi connectivity index (χ2v) is 2.25. The standard InChI is InChI=1S/C8H8N2O2/c1-6(11)8(10-12)7-3-2-4-9-5-7/h2-5,12H,1H3. The molecule has 0 atom stereocenters. The van der Waals surface area contributed by atoms with Crippen molar-refractivity contribution in [1.29, 1.82) is 0 Å². The Labute approximate surface area is 69.6 Å². The number of Topliss-reactive ketones (excluding diaryl/α,β-unsaturated/α-hetero) is 1. The van der Waals surface area contributed by atoms with Gasteiger partial charge in [0.2, 0.25) is 0 Å². The quantitative estimate of drug-likeness (QED) is 0.400. The van der Waals surface area contributed by atoms with Crippen LogP contribution in [0.2, 0.25) is 0 Å². The summed E-state index contributed by atoms with van der Waals surface area (Å²) in [5.74, 6) is -0.287. The van der Waals surface area contributed by atoms with E-state index in [4.69, 9.17) is 5.21 Å². The van der Waals surface area contributed by atoms with Gasteiger partial charge in [0.1, 0.15) is 0 Å². The lowest BCUT2D eigenvalue weighted by atomic mass is 10.1. The lowest BCUT2D eigenvalue weighted by Gasteiger charge is -1.97. The number of carbonyl (C=O) groups is 1. The first-order valence-electron chi connectivity index (χ1n) is 3.39. The summed E-state index contributed by atoms with van der Waals surface area (Å²) in [4.78, 5) is 14.6. The van der Waals surface area contributed by atoms with Crippen LogP contribution in [0.15, 0.2) is 29.7 Å². The Hall–Kier alpha value is -1.71. The van der Waals surface area contributed by atoms with Gasteiger partial charge < -0.3 is 5.21 Å². The Balaban J connectivity index is 3.05. The molecule has 4 nitrogen and oxygen atoms in total. The Bertz CT molecular complexity index is 306. The summed E-state index contributed by atoms with van der Waals surface area (Å²) in [6.07, 6.45) is 3.05. The van der Waals surface area contributed by atoms with Crippen LogP contribution in [0.3, 0.4) is 0 Å². The molecule has 62 valence electrons. The van der Waals surface area contributed by atoms with E-state index >= 15 is 0 Å². The summed E-state index contributed by atoms with van der Waals surface area (Å²) >= 11 is 0. The maximum Gasteiger partial charge on any atom is 0.182 e. The number of aromatic nitrogens is 1. The van der Waals surface area contributed by atoms with Crippen LogP contribution in [-0.2, 0) is 4.79 Å². The molecule has 1 heterocycles. The van der Waals surface area contributed by atoms with Crippen LogP contribution in [-0.4, -0.2) is 21.7 Å². The van der Waals surface area contributed by atoms with E-state index in [9.17, 15) is 4.79 Å². The van der Waals surface area contributed by atoms with Crippen LogP contribution in [0.25, 0.3) is 0 Å². The van der Waals surface area contributed by atoms with Crippen molar-refractivity contribution in [2.45, 2.75) is 6.92 Å². The highest BCUT2D eigenvalue weighted by Crippen LogP contribution is 1.99. The monoisotopic (exact) mass is 164 g/mol. The van der Waals surface area contributed by atoms with Crippen molar-refractivity contribution in [2.75, 3.05) is 0 Å². The SMILES string of the molecule is CC(=O)C(=NO)c1cccnc1. The van der Waals surface area contributed by atoms with Gasteiger partial charge in [0, 0.05) is 24.9 Å². The number of hydrogen-bond donors (Lipinski definition) is 1. The molecule has 1 aromatic rings. The van der Waals surface area contributed by atoms with Gasteiger partial charge in [-0.15, -0.1) is 0 Å². The van der Waals surface area contributed by atoms with E-state index in [2.05, 4.69) is 10.1 Å². The molecule has 0 bridgehead atoms. The number of carbonyl (C=O) groups excluding carboxylic acids is 1. The average molecular weight is 164 g/mol. The van der Waals surface area contributed by atoms with Crippen LogP contribution >= 0.6 is 0 Å². The minimum Gasteiger partial charge on any atom is -0.410 e. The van der Waals surface area contributed by atoms with Crippen molar-refractivity contribution in [1.82, 2.24) is 4.98 Å². The molecule has 0 fully saturated rings. The first kappa shape index (κ1) is 8.39. The van der Waals surface area contributed by atoms with E-state index in [1.165, 1.54) is 13.1 Å². The molecule has 12 heavy (non-hydrogen) atoms. The zero-order chi connectivity index (χ0) is 8.97. The number of pyridine rings is 1. The van der Waals surface area contributed by atoms with Gasteiger partial charge in [0.05, 0.1) is 0 Å². The zero-order valence-corrected chi connectivity index (χ0v) is 6.56. The maximum atomic E-state index is 10.9. The highest BCUT2D eigenvalue weighted by Gasteiger charge is 2.08. The molecule has 1 aromatic heterocycles. The van der Waals surface area contributed by atoms with Crippen molar-refractivity contribution in [3.05, 3.63) is 30.1 Å². The first-order chi connectivity index (χ1) is 5.75. The lowest BCUT2D eigenvalue weighted by molar-refractivity contribution is -0.111. The molecule has 1 rings (SSSR count). The lowest BCUT2D eigenvalue weighted by Crippen LogP contribution is -2.11. The van der Waals surface area contributed by atoms with Gasteiger partial charge in [-0.2, -0.15) is 0 Å². The Morgan fingerprint density at radius 2 is 2.42 bits per heavy atom. The van der Waals surface area contributed by atoms with Gasteiger partial charge in [-0.05, 0) is 12.1 Å². The minimum atomic E-state index is -0.287. The number of hydrogen-bond acceptors (Lipinski definition) is 4. The molecule has 0 amide bonds. The predicted octanol–water partition coefficient (Wildman–Crippen LogP) is 0.849. The molecule has 1 N–H and O–H groups in total. The molecule has 0 aromatic carbocycles. The Morgan fingerprint density at radius 1 is 1.67 bits per heavy atom. The van der Waals surface area contributed by atoms with Crippen LogP contribution in [0.5, 0.6) is 0 Å². The van der Waals surface area contributed by atoms with E-state index in [1.54, 1.807) is 18.3 Å². The van der Waals surface area contributed by atoms with Crippen molar-refractivity contribution in [3.63, 3.8) is 0 Å². The fraction of sp³-hybridized carbons (Fsp3) is 0.125.